The van der Waals surface area contributed by atoms with E-state index >= 15 is 0 Å². The monoisotopic (exact) mass is 468 g/mol. The number of hydrogen-bond donors (Lipinski definition) is 1. The molecule has 0 spiro atoms. The Balaban J connectivity index is 2.14. The summed E-state index contributed by atoms with van der Waals surface area (Å²) in [4.78, 5) is 27.3. The van der Waals surface area contributed by atoms with Gasteiger partial charge in [-0.15, -0.1) is 11.8 Å². The van der Waals surface area contributed by atoms with Crippen molar-refractivity contribution in [3.63, 3.8) is 0 Å². The van der Waals surface area contributed by atoms with Crippen LogP contribution in [-0.2, 0) is 21.9 Å². The molecule has 0 bridgehead atoms. The number of hydrogen-bond acceptors (Lipinski definition) is 3. The van der Waals surface area contributed by atoms with Crippen LogP contribution >= 0.6 is 23.4 Å². The molecule has 0 radical (unpaired) electrons. The van der Waals surface area contributed by atoms with Crippen molar-refractivity contribution in [2.45, 2.75) is 45.0 Å². The SMILES string of the molecule is CCCNC(=O)C(CC)N(Cc1ccc(F)cc1)C(=O)CSCc1c(F)cccc1Cl. The second-order valence-electron chi connectivity index (χ2n) is 7.06. The van der Waals surface area contributed by atoms with E-state index in [1.807, 2.05) is 13.8 Å². The maximum absolute atomic E-state index is 14.0. The van der Waals surface area contributed by atoms with Gasteiger partial charge in [-0.25, -0.2) is 8.78 Å². The molecule has 2 aromatic rings. The summed E-state index contributed by atoms with van der Waals surface area (Å²) in [7, 11) is 0. The van der Waals surface area contributed by atoms with Gasteiger partial charge in [0.25, 0.3) is 0 Å². The molecule has 0 fully saturated rings. The molecule has 2 amide bonds. The number of benzene rings is 2. The van der Waals surface area contributed by atoms with Crippen LogP contribution in [0.15, 0.2) is 42.5 Å². The van der Waals surface area contributed by atoms with Crippen molar-refractivity contribution in [3.8, 4) is 0 Å². The number of halogens is 3. The van der Waals surface area contributed by atoms with E-state index in [-0.39, 0.29) is 35.7 Å². The Morgan fingerprint density at radius 1 is 1.13 bits per heavy atom. The van der Waals surface area contributed by atoms with E-state index in [9.17, 15) is 18.4 Å². The number of carbonyl (C=O) groups is 2. The Morgan fingerprint density at radius 2 is 1.84 bits per heavy atom. The second-order valence-corrected chi connectivity index (χ2v) is 8.45. The van der Waals surface area contributed by atoms with Crippen LogP contribution in [0.25, 0.3) is 0 Å². The molecule has 31 heavy (non-hydrogen) atoms. The zero-order valence-electron chi connectivity index (χ0n) is 17.7. The predicted octanol–water partition coefficient (Wildman–Crippen LogP) is 5.19. The maximum Gasteiger partial charge on any atom is 0.242 e. The van der Waals surface area contributed by atoms with Gasteiger partial charge in [-0.1, -0.05) is 43.6 Å². The van der Waals surface area contributed by atoms with Crippen LogP contribution < -0.4 is 5.32 Å². The fourth-order valence-corrected chi connectivity index (χ4v) is 4.31. The first-order chi connectivity index (χ1) is 14.9. The predicted molar refractivity (Wildman–Crippen MR) is 122 cm³/mol. The average molecular weight is 469 g/mol. The molecule has 1 unspecified atom stereocenters. The second kappa shape index (κ2) is 12.7. The molecule has 0 aliphatic heterocycles. The summed E-state index contributed by atoms with van der Waals surface area (Å²) in [5, 5.41) is 3.16. The van der Waals surface area contributed by atoms with Gasteiger partial charge in [0.1, 0.15) is 17.7 Å². The highest BCUT2D eigenvalue weighted by atomic mass is 35.5. The highest BCUT2D eigenvalue weighted by Gasteiger charge is 2.28. The molecule has 2 aromatic carbocycles. The maximum atomic E-state index is 14.0. The van der Waals surface area contributed by atoms with Crippen LogP contribution in [0.5, 0.6) is 0 Å². The molecule has 2 rings (SSSR count). The van der Waals surface area contributed by atoms with Crippen molar-refractivity contribution in [2.24, 2.45) is 0 Å². The Hall–Kier alpha value is -2.12. The number of carbonyl (C=O) groups excluding carboxylic acids is 2. The molecule has 0 aliphatic carbocycles. The minimum absolute atomic E-state index is 0.0589. The summed E-state index contributed by atoms with van der Waals surface area (Å²) < 4.78 is 27.3. The number of nitrogens with zero attached hydrogens (tertiary/aromatic N) is 1. The summed E-state index contributed by atoms with van der Waals surface area (Å²) in [6.45, 7) is 4.49. The van der Waals surface area contributed by atoms with Crippen molar-refractivity contribution in [1.29, 1.82) is 0 Å². The van der Waals surface area contributed by atoms with Crippen molar-refractivity contribution in [3.05, 3.63) is 70.2 Å². The van der Waals surface area contributed by atoms with Crippen molar-refractivity contribution in [1.82, 2.24) is 10.2 Å². The first-order valence-corrected chi connectivity index (χ1v) is 11.7. The zero-order chi connectivity index (χ0) is 22.8. The van der Waals surface area contributed by atoms with Gasteiger partial charge in [-0.2, -0.15) is 0 Å². The van der Waals surface area contributed by atoms with Crippen molar-refractivity contribution < 1.29 is 18.4 Å². The van der Waals surface area contributed by atoms with Gasteiger partial charge in [-0.3, -0.25) is 9.59 Å². The topological polar surface area (TPSA) is 49.4 Å². The molecule has 1 N–H and O–H groups in total. The summed E-state index contributed by atoms with van der Waals surface area (Å²) in [6.07, 6.45) is 1.22. The third-order valence-corrected chi connectivity index (χ3v) is 6.03. The smallest absolute Gasteiger partial charge is 0.242 e. The minimum atomic E-state index is -0.651. The van der Waals surface area contributed by atoms with Gasteiger partial charge in [0.2, 0.25) is 11.8 Å². The van der Waals surface area contributed by atoms with E-state index in [1.165, 1.54) is 40.9 Å². The number of amides is 2. The first-order valence-electron chi connectivity index (χ1n) is 10.2. The van der Waals surface area contributed by atoms with Crippen LogP contribution in [0, 0.1) is 11.6 Å². The Morgan fingerprint density at radius 3 is 2.45 bits per heavy atom. The van der Waals surface area contributed by atoms with Crippen LogP contribution in [0.1, 0.15) is 37.8 Å². The lowest BCUT2D eigenvalue weighted by Gasteiger charge is -2.30. The molecule has 1 atom stereocenters. The van der Waals surface area contributed by atoms with Gasteiger partial charge in [-0.05, 0) is 42.7 Å². The summed E-state index contributed by atoms with van der Waals surface area (Å²) in [5.74, 6) is -0.959. The lowest BCUT2D eigenvalue weighted by molar-refractivity contribution is -0.139. The van der Waals surface area contributed by atoms with E-state index in [0.717, 1.165) is 12.0 Å². The van der Waals surface area contributed by atoms with E-state index in [2.05, 4.69) is 5.32 Å². The largest absolute Gasteiger partial charge is 0.354 e. The molecule has 0 saturated carbocycles. The van der Waals surface area contributed by atoms with Crippen LogP contribution in [0.3, 0.4) is 0 Å². The van der Waals surface area contributed by atoms with Crippen molar-refractivity contribution in [2.75, 3.05) is 12.3 Å². The fraction of sp³-hybridized carbons (Fsp3) is 0.391. The van der Waals surface area contributed by atoms with Gasteiger partial charge in [0, 0.05) is 29.4 Å². The average Bonchev–Trinajstić information content (AvgIpc) is 2.75. The molecule has 0 aromatic heterocycles. The zero-order valence-corrected chi connectivity index (χ0v) is 19.2. The summed E-state index contributed by atoms with van der Waals surface area (Å²) >= 11 is 7.29. The number of nitrogens with one attached hydrogen (secondary N) is 1. The standard InChI is InChI=1S/C23H27ClF2N2O2S/c1-3-12-27-23(30)21(4-2)28(13-16-8-10-17(25)11-9-16)22(29)15-31-14-18-19(24)6-5-7-20(18)26/h5-11,21H,3-4,12-15H2,1-2H3,(H,27,30). The Bertz CT molecular complexity index is 860. The molecule has 0 aliphatic rings. The van der Waals surface area contributed by atoms with E-state index in [1.54, 1.807) is 18.2 Å². The van der Waals surface area contributed by atoms with E-state index < -0.39 is 11.9 Å². The molecule has 4 nitrogen and oxygen atoms in total. The lowest BCUT2D eigenvalue weighted by atomic mass is 10.1. The number of rotatable bonds is 11. The fourth-order valence-electron chi connectivity index (χ4n) is 3.07. The van der Waals surface area contributed by atoms with Crippen LogP contribution in [0.2, 0.25) is 5.02 Å². The minimum Gasteiger partial charge on any atom is -0.354 e. The molecular formula is C23H27ClF2N2O2S. The molecule has 168 valence electrons. The van der Waals surface area contributed by atoms with Crippen molar-refractivity contribution >= 4 is 35.2 Å². The molecular weight excluding hydrogens is 442 g/mol. The summed E-state index contributed by atoms with van der Waals surface area (Å²) in [6, 6.07) is 9.65. The highest BCUT2D eigenvalue weighted by molar-refractivity contribution is 7.99. The van der Waals surface area contributed by atoms with Crippen LogP contribution in [0.4, 0.5) is 8.78 Å². The van der Waals surface area contributed by atoms with Gasteiger partial charge in [0.05, 0.1) is 5.75 Å². The normalized spacial score (nSPS) is 11.8. The molecule has 8 heteroatoms. The first kappa shape index (κ1) is 25.1. The summed E-state index contributed by atoms with van der Waals surface area (Å²) in [5.41, 5.74) is 1.07. The van der Waals surface area contributed by atoms with Crippen LogP contribution in [-0.4, -0.2) is 35.1 Å². The van der Waals surface area contributed by atoms with Gasteiger partial charge < -0.3 is 10.2 Å². The lowest BCUT2D eigenvalue weighted by Crippen LogP contribution is -2.49. The molecule has 0 heterocycles. The Labute approximate surface area is 191 Å². The van der Waals surface area contributed by atoms with E-state index in [0.29, 0.717) is 23.6 Å². The quantitative estimate of drug-likeness (QED) is 0.494. The third-order valence-electron chi connectivity index (χ3n) is 4.73. The highest BCUT2D eigenvalue weighted by Crippen LogP contribution is 2.24. The van der Waals surface area contributed by atoms with Gasteiger partial charge >= 0.3 is 0 Å². The van der Waals surface area contributed by atoms with E-state index in [4.69, 9.17) is 11.6 Å². The Kier molecular flexibility index (Phi) is 10.3. The number of thioether (sulfide) groups is 1. The van der Waals surface area contributed by atoms with Gasteiger partial charge in [0.15, 0.2) is 0 Å². The molecule has 0 saturated heterocycles. The third kappa shape index (κ3) is 7.51.